The van der Waals surface area contributed by atoms with Crippen molar-refractivity contribution >= 4 is 39.6 Å². The van der Waals surface area contributed by atoms with Gasteiger partial charge in [0.1, 0.15) is 17.7 Å². The maximum absolute atomic E-state index is 15.2. The van der Waals surface area contributed by atoms with E-state index < -0.39 is 65.2 Å². The number of benzene rings is 1. The van der Waals surface area contributed by atoms with E-state index >= 15 is 4.79 Å². The number of amides is 3. The van der Waals surface area contributed by atoms with Crippen LogP contribution in [0.2, 0.25) is 0 Å². The Kier molecular flexibility index (Phi) is 13.3. The Morgan fingerprint density at radius 1 is 1.15 bits per heavy atom. The summed E-state index contributed by atoms with van der Waals surface area (Å²) in [4.78, 5) is 60.5. The van der Waals surface area contributed by atoms with Crippen LogP contribution in [0.15, 0.2) is 55.6 Å². The van der Waals surface area contributed by atoms with Crippen LogP contribution in [0, 0.1) is 23.2 Å². The molecule has 3 amide bonds. The number of aliphatic hydroxyl groups is 1. The largest absolute Gasteiger partial charge is 0.455 e. The molecular formula is C41H60BrN3O7. The molecular weight excluding hydrogens is 726 g/mol. The summed E-state index contributed by atoms with van der Waals surface area (Å²) >= 11 is 3.77. The van der Waals surface area contributed by atoms with Crippen molar-refractivity contribution < 1.29 is 33.8 Å². The van der Waals surface area contributed by atoms with Gasteiger partial charge in [-0.15, -0.1) is 13.2 Å². The second-order valence-electron chi connectivity index (χ2n) is 16.8. The number of carbonyl (C=O) groups is 4. The van der Waals surface area contributed by atoms with Crippen molar-refractivity contribution in [2.75, 3.05) is 13.2 Å². The minimum Gasteiger partial charge on any atom is -0.455 e. The molecule has 0 radical (unpaired) electrons. The molecule has 1 spiro atoms. The SMILES string of the molecule is C=CCCC(=O)N[C@@H](C)[C@H](OC(=O)[C@H]1[C@@H]2O[C@@]3(CC2Br)[C@@H]1C(=O)N([C@@H](CO)[C@@H](C)CC)[C@@H]3C(=O)N(CC=C)C(C)(C)CC(C)(C)C)c1ccccc1. The number of alkyl halides is 1. The van der Waals surface area contributed by atoms with Crippen LogP contribution in [0.4, 0.5) is 0 Å². The Hall–Kier alpha value is -3.02. The number of carbonyl (C=O) groups excluding carboxylic acids is 4. The number of nitrogens with zero attached hydrogens (tertiary/aromatic N) is 2. The van der Waals surface area contributed by atoms with Crippen LogP contribution in [0.1, 0.15) is 99.2 Å². The fourth-order valence-corrected chi connectivity index (χ4v) is 9.98. The monoisotopic (exact) mass is 785 g/mol. The molecule has 3 saturated heterocycles. The van der Waals surface area contributed by atoms with Crippen molar-refractivity contribution in [1.29, 1.82) is 0 Å². The van der Waals surface area contributed by atoms with Crippen molar-refractivity contribution in [3.05, 3.63) is 61.2 Å². The number of aliphatic hydroxyl groups excluding tert-OH is 1. The lowest BCUT2D eigenvalue weighted by Crippen LogP contribution is -2.63. The highest BCUT2D eigenvalue weighted by Crippen LogP contribution is 2.61. The van der Waals surface area contributed by atoms with E-state index in [1.54, 1.807) is 28.9 Å². The summed E-state index contributed by atoms with van der Waals surface area (Å²) in [6, 6.07) is 6.82. The second-order valence-corrected chi connectivity index (χ2v) is 18.0. The van der Waals surface area contributed by atoms with Crippen molar-refractivity contribution in [2.45, 2.75) is 134 Å². The van der Waals surface area contributed by atoms with Crippen molar-refractivity contribution in [1.82, 2.24) is 15.1 Å². The molecule has 3 fully saturated rings. The highest BCUT2D eigenvalue weighted by Gasteiger charge is 2.78. The number of hydrogen-bond donors (Lipinski definition) is 2. The van der Waals surface area contributed by atoms with Gasteiger partial charge in [-0.05, 0) is 56.9 Å². The van der Waals surface area contributed by atoms with Crippen LogP contribution < -0.4 is 5.32 Å². The van der Waals surface area contributed by atoms with E-state index in [1.165, 1.54) is 0 Å². The molecule has 2 N–H and O–H groups in total. The van der Waals surface area contributed by atoms with Crippen LogP contribution in [0.25, 0.3) is 0 Å². The lowest BCUT2D eigenvalue weighted by Gasteiger charge is -2.47. The zero-order chi connectivity index (χ0) is 38.8. The average molecular weight is 787 g/mol. The molecule has 1 aromatic carbocycles. The van der Waals surface area contributed by atoms with Gasteiger partial charge in [-0.1, -0.05) is 99.5 Å². The first-order valence-electron chi connectivity index (χ1n) is 18.7. The number of hydrogen-bond acceptors (Lipinski definition) is 7. The van der Waals surface area contributed by atoms with Gasteiger partial charge < -0.3 is 29.7 Å². The minimum atomic E-state index is -1.35. The highest BCUT2D eigenvalue weighted by molar-refractivity contribution is 9.09. The summed E-state index contributed by atoms with van der Waals surface area (Å²) in [7, 11) is 0. The Morgan fingerprint density at radius 2 is 1.81 bits per heavy atom. The van der Waals surface area contributed by atoms with Crippen molar-refractivity contribution in [2.24, 2.45) is 23.2 Å². The number of fused-ring (bicyclic) bond motifs is 1. The number of ether oxygens (including phenoxy) is 2. The van der Waals surface area contributed by atoms with Crippen LogP contribution in [0.5, 0.6) is 0 Å². The van der Waals surface area contributed by atoms with Gasteiger partial charge in [0.05, 0.1) is 36.6 Å². The molecule has 11 heteroatoms. The zero-order valence-corrected chi connectivity index (χ0v) is 33.9. The summed E-state index contributed by atoms with van der Waals surface area (Å²) in [5.41, 5.74) is -1.40. The van der Waals surface area contributed by atoms with E-state index in [1.807, 2.05) is 58.0 Å². The Bertz CT molecular complexity index is 1480. The summed E-state index contributed by atoms with van der Waals surface area (Å²) in [6.07, 6.45) is 4.18. The Balaban J connectivity index is 1.80. The first kappa shape index (κ1) is 41.7. The van der Waals surface area contributed by atoms with Crippen LogP contribution in [-0.4, -0.2) is 91.9 Å². The zero-order valence-electron chi connectivity index (χ0n) is 32.3. The lowest BCUT2D eigenvalue weighted by molar-refractivity contribution is -0.163. The predicted molar refractivity (Wildman–Crippen MR) is 205 cm³/mol. The second kappa shape index (κ2) is 16.6. The summed E-state index contributed by atoms with van der Waals surface area (Å²) < 4.78 is 13.1. The molecule has 10 nitrogen and oxygen atoms in total. The summed E-state index contributed by atoms with van der Waals surface area (Å²) in [6.45, 7) is 23.7. The molecule has 3 aliphatic rings. The van der Waals surface area contributed by atoms with E-state index in [9.17, 15) is 19.5 Å². The maximum Gasteiger partial charge on any atom is 0.313 e. The van der Waals surface area contributed by atoms with Gasteiger partial charge in [0, 0.05) is 23.3 Å². The number of rotatable bonds is 17. The van der Waals surface area contributed by atoms with E-state index in [2.05, 4.69) is 55.2 Å². The lowest BCUT2D eigenvalue weighted by atomic mass is 9.70. The third-order valence-corrected chi connectivity index (χ3v) is 12.0. The molecule has 288 valence electrons. The third-order valence-electron chi connectivity index (χ3n) is 11.1. The maximum atomic E-state index is 15.2. The number of likely N-dealkylation sites (tertiary alicyclic amines) is 1. The number of nitrogens with one attached hydrogen (secondary N) is 1. The standard InChI is InChI=1S/C41H60BrN3O7/c1-11-14-20-30(47)43-26(5)33(27-18-16-15-17-19-27)51-38(50)31-32-36(48)45(29(23-46)25(4)13-3)35(41(32)22-28(42)34(31)52-41)37(49)44(21-12-2)40(9,10)24-39(6,7)8/h11-12,15-19,25-26,28-29,31-35,46H,1-2,13-14,20-24H2,3-10H3,(H,43,47)/t25-,26-,28?,29-,31+,32-,33-,34+,35+,41-/m0/s1. The smallest absolute Gasteiger partial charge is 0.313 e. The topological polar surface area (TPSA) is 125 Å². The van der Waals surface area contributed by atoms with Crippen LogP contribution in [-0.2, 0) is 28.7 Å². The van der Waals surface area contributed by atoms with Crippen molar-refractivity contribution in [3.63, 3.8) is 0 Å². The van der Waals surface area contributed by atoms with Gasteiger partial charge in [0.25, 0.3) is 0 Å². The number of esters is 1. The van der Waals surface area contributed by atoms with Gasteiger partial charge >= 0.3 is 5.97 Å². The molecule has 0 aliphatic carbocycles. The molecule has 4 rings (SSSR count). The third kappa shape index (κ3) is 8.21. The fourth-order valence-electron chi connectivity index (χ4n) is 9.03. The van der Waals surface area contributed by atoms with E-state index in [0.29, 0.717) is 31.2 Å². The van der Waals surface area contributed by atoms with Gasteiger partial charge in [-0.2, -0.15) is 0 Å². The van der Waals surface area contributed by atoms with Crippen molar-refractivity contribution in [3.8, 4) is 0 Å². The first-order valence-corrected chi connectivity index (χ1v) is 19.6. The minimum absolute atomic E-state index is 0.116. The normalized spacial score (nSPS) is 27.7. The molecule has 10 atom stereocenters. The quantitative estimate of drug-likeness (QED) is 0.111. The molecule has 1 unspecified atom stereocenters. The first-order chi connectivity index (χ1) is 24.4. The van der Waals surface area contributed by atoms with E-state index in [-0.39, 0.29) is 47.5 Å². The average Bonchev–Trinajstić information content (AvgIpc) is 3.67. The molecule has 52 heavy (non-hydrogen) atoms. The summed E-state index contributed by atoms with van der Waals surface area (Å²) in [5, 5.41) is 13.8. The van der Waals surface area contributed by atoms with Crippen LogP contribution >= 0.6 is 15.9 Å². The highest BCUT2D eigenvalue weighted by atomic mass is 79.9. The fraction of sp³-hybridized carbons (Fsp3) is 0.659. The van der Waals surface area contributed by atoms with Gasteiger partial charge in [0.15, 0.2) is 0 Å². The molecule has 3 heterocycles. The Morgan fingerprint density at radius 3 is 2.37 bits per heavy atom. The predicted octanol–water partition coefficient (Wildman–Crippen LogP) is 6.13. The van der Waals surface area contributed by atoms with Gasteiger partial charge in [-0.25, -0.2) is 0 Å². The molecule has 0 aromatic heterocycles. The Labute approximate surface area is 318 Å². The molecule has 0 saturated carbocycles. The van der Waals surface area contributed by atoms with E-state index in [0.717, 1.165) is 0 Å². The van der Waals surface area contributed by atoms with Gasteiger partial charge in [0.2, 0.25) is 17.7 Å². The number of halogens is 1. The van der Waals surface area contributed by atoms with E-state index in [4.69, 9.17) is 9.47 Å². The molecule has 2 bridgehead atoms. The molecule has 1 aromatic rings. The summed E-state index contributed by atoms with van der Waals surface area (Å²) in [5.74, 6) is -3.72. The molecule has 3 aliphatic heterocycles. The van der Waals surface area contributed by atoms with Gasteiger partial charge in [-0.3, -0.25) is 19.2 Å². The van der Waals surface area contributed by atoms with Crippen LogP contribution in [0.3, 0.4) is 0 Å². The number of allylic oxidation sites excluding steroid dienone is 1.